The molecule has 1 aliphatic carbocycles. The van der Waals surface area contributed by atoms with Crippen molar-refractivity contribution >= 4 is 0 Å². The highest BCUT2D eigenvalue weighted by atomic mass is 16.5. The molecule has 0 spiro atoms. The van der Waals surface area contributed by atoms with Crippen LogP contribution in [0.2, 0.25) is 0 Å². The Morgan fingerprint density at radius 3 is 2.42 bits per heavy atom. The van der Waals surface area contributed by atoms with Crippen LogP contribution in [0.25, 0.3) is 0 Å². The maximum Gasteiger partial charge on any atom is 0.122 e. The van der Waals surface area contributed by atoms with Gasteiger partial charge in [0.15, 0.2) is 0 Å². The fraction of sp³-hybridized carbons (Fsp3) is 0.647. The van der Waals surface area contributed by atoms with E-state index in [1.807, 2.05) is 12.1 Å². The van der Waals surface area contributed by atoms with Gasteiger partial charge < -0.3 is 9.84 Å². The van der Waals surface area contributed by atoms with E-state index in [9.17, 15) is 5.11 Å². The van der Waals surface area contributed by atoms with Crippen LogP contribution in [0.15, 0.2) is 18.2 Å². The second kappa shape index (κ2) is 6.42. The molecule has 0 aliphatic heterocycles. The van der Waals surface area contributed by atoms with Crippen molar-refractivity contribution in [3.8, 4) is 5.75 Å². The van der Waals surface area contributed by atoms with Crippen LogP contribution >= 0.6 is 0 Å². The van der Waals surface area contributed by atoms with Crippen LogP contribution in [-0.4, -0.2) is 12.2 Å². The summed E-state index contributed by atoms with van der Waals surface area (Å²) in [6.45, 7) is 4.32. The Kier molecular flexibility index (Phi) is 4.87. The largest absolute Gasteiger partial charge is 0.496 e. The number of hydrogen-bond donors (Lipinski definition) is 1. The number of aliphatic hydroxyl groups is 1. The molecule has 0 bridgehead atoms. The molecule has 1 unspecified atom stereocenters. The summed E-state index contributed by atoms with van der Waals surface area (Å²) in [5, 5.41) is 10.6. The molecule has 1 aromatic rings. The Morgan fingerprint density at radius 2 is 1.84 bits per heavy atom. The van der Waals surface area contributed by atoms with E-state index >= 15 is 0 Å². The first-order valence-corrected chi connectivity index (χ1v) is 7.49. The van der Waals surface area contributed by atoms with E-state index in [2.05, 4.69) is 19.9 Å². The first-order chi connectivity index (χ1) is 9.13. The van der Waals surface area contributed by atoms with Crippen molar-refractivity contribution in [1.29, 1.82) is 0 Å². The lowest BCUT2D eigenvalue weighted by molar-refractivity contribution is 0.0847. The summed E-state index contributed by atoms with van der Waals surface area (Å²) in [4.78, 5) is 0. The molecule has 0 saturated heterocycles. The maximum absolute atomic E-state index is 10.6. The molecule has 1 saturated carbocycles. The zero-order valence-corrected chi connectivity index (χ0v) is 12.4. The number of hydrogen-bond acceptors (Lipinski definition) is 2. The van der Waals surface area contributed by atoms with Crippen molar-refractivity contribution in [2.24, 2.45) is 5.92 Å². The van der Waals surface area contributed by atoms with E-state index in [0.29, 0.717) is 11.8 Å². The van der Waals surface area contributed by atoms with Gasteiger partial charge in [-0.05, 0) is 47.9 Å². The first kappa shape index (κ1) is 14.4. The zero-order chi connectivity index (χ0) is 13.8. The molecule has 0 radical (unpaired) electrons. The van der Waals surface area contributed by atoms with Gasteiger partial charge in [-0.2, -0.15) is 0 Å². The van der Waals surface area contributed by atoms with Gasteiger partial charge in [-0.3, -0.25) is 0 Å². The quantitative estimate of drug-likeness (QED) is 0.869. The van der Waals surface area contributed by atoms with Crippen LogP contribution in [-0.2, 0) is 0 Å². The maximum atomic E-state index is 10.6. The molecule has 1 aliphatic rings. The molecule has 2 rings (SSSR count). The van der Waals surface area contributed by atoms with Crippen molar-refractivity contribution in [3.63, 3.8) is 0 Å². The number of ether oxygens (including phenoxy) is 1. The van der Waals surface area contributed by atoms with Crippen LogP contribution in [0, 0.1) is 5.92 Å². The van der Waals surface area contributed by atoms with Gasteiger partial charge in [0, 0.05) is 0 Å². The van der Waals surface area contributed by atoms with Crippen molar-refractivity contribution in [2.45, 2.75) is 58.0 Å². The third kappa shape index (κ3) is 3.30. The summed E-state index contributed by atoms with van der Waals surface area (Å²) < 4.78 is 5.41. The molecular formula is C17H26O2. The molecule has 0 amide bonds. The standard InChI is InChI=1S/C17H26O2/c1-12(2)15-11-14(9-10-16(15)19-3)17(18)13-7-5-4-6-8-13/h9-13,17-18H,4-8H2,1-3H3. The zero-order valence-electron chi connectivity index (χ0n) is 12.4. The highest BCUT2D eigenvalue weighted by Gasteiger charge is 2.24. The summed E-state index contributed by atoms with van der Waals surface area (Å²) in [7, 11) is 1.71. The highest BCUT2D eigenvalue weighted by molar-refractivity contribution is 5.40. The number of rotatable bonds is 4. The molecule has 19 heavy (non-hydrogen) atoms. The van der Waals surface area contributed by atoms with Gasteiger partial charge in [-0.1, -0.05) is 39.2 Å². The molecule has 2 nitrogen and oxygen atoms in total. The van der Waals surface area contributed by atoms with Crippen LogP contribution < -0.4 is 4.74 Å². The number of methoxy groups -OCH3 is 1. The fourth-order valence-corrected chi connectivity index (χ4v) is 3.11. The van der Waals surface area contributed by atoms with Crippen molar-refractivity contribution in [3.05, 3.63) is 29.3 Å². The Balaban J connectivity index is 2.21. The number of aliphatic hydroxyl groups excluding tert-OH is 1. The van der Waals surface area contributed by atoms with E-state index in [4.69, 9.17) is 4.74 Å². The molecule has 1 atom stereocenters. The monoisotopic (exact) mass is 262 g/mol. The predicted molar refractivity (Wildman–Crippen MR) is 78.6 cm³/mol. The van der Waals surface area contributed by atoms with Crippen LogP contribution in [0.3, 0.4) is 0 Å². The van der Waals surface area contributed by atoms with Crippen LogP contribution in [0.4, 0.5) is 0 Å². The first-order valence-electron chi connectivity index (χ1n) is 7.49. The minimum Gasteiger partial charge on any atom is -0.496 e. The SMILES string of the molecule is COc1ccc(C(O)C2CCCCC2)cc1C(C)C. The topological polar surface area (TPSA) is 29.5 Å². The van der Waals surface area contributed by atoms with Crippen molar-refractivity contribution < 1.29 is 9.84 Å². The van der Waals surface area contributed by atoms with Gasteiger partial charge in [0.05, 0.1) is 13.2 Å². The molecule has 2 heteroatoms. The average Bonchev–Trinajstić information content (AvgIpc) is 2.46. The summed E-state index contributed by atoms with van der Waals surface area (Å²) in [5.74, 6) is 1.77. The minimum atomic E-state index is -0.316. The Labute approximate surface area is 116 Å². The lowest BCUT2D eigenvalue weighted by Crippen LogP contribution is -2.16. The van der Waals surface area contributed by atoms with Crippen molar-refractivity contribution in [2.75, 3.05) is 7.11 Å². The minimum absolute atomic E-state index is 0.316. The predicted octanol–water partition coefficient (Wildman–Crippen LogP) is 4.43. The molecule has 0 aromatic heterocycles. The van der Waals surface area contributed by atoms with E-state index < -0.39 is 0 Å². The van der Waals surface area contributed by atoms with Gasteiger partial charge in [-0.15, -0.1) is 0 Å². The summed E-state index contributed by atoms with van der Waals surface area (Å²) in [6.07, 6.45) is 5.84. The van der Waals surface area contributed by atoms with Gasteiger partial charge in [-0.25, -0.2) is 0 Å². The molecular weight excluding hydrogens is 236 g/mol. The third-order valence-corrected chi connectivity index (χ3v) is 4.31. The second-order valence-electron chi connectivity index (χ2n) is 6.00. The Bertz CT molecular complexity index is 406. The van der Waals surface area contributed by atoms with Crippen molar-refractivity contribution in [1.82, 2.24) is 0 Å². The normalized spacial score (nSPS) is 18.6. The average molecular weight is 262 g/mol. The summed E-state index contributed by atoms with van der Waals surface area (Å²) in [6, 6.07) is 6.14. The second-order valence-corrected chi connectivity index (χ2v) is 6.00. The van der Waals surface area contributed by atoms with Crippen LogP contribution in [0.5, 0.6) is 5.75 Å². The van der Waals surface area contributed by atoms with Gasteiger partial charge in [0.25, 0.3) is 0 Å². The van der Waals surface area contributed by atoms with E-state index in [1.165, 1.54) is 24.8 Å². The molecule has 1 N–H and O–H groups in total. The Hall–Kier alpha value is -1.02. The third-order valence-electron chi connectivity index (χ3n) is 4.31. The van der Waals surface area contributed by atoms with Gasteiger partial charge >= 0.3 is 0 Å². The smallest absolute Gasteiger partial charge is 0.122 e. The lowest BCUT2D eigenvalue weighted by Gasteiger charge is -2.27. The van der Waals surface area contributed by atoms with Crippen LogP contribution in [0.1, 0.15) is 69.1 Å². The van der Waals surface area contributed by atoms with Gasteiger partial charge in [0.2, 0.25) is 0 Å². The molecule has 0 heterocycles. The number of benzene rings is 1. The molecule has 106 valence electrons. The summed E-state index contributed by atoms with van der Waals surface area (Å²) >= 11 is 0. The van der Waals surface area contributed by atoms with E-state index in [1.54, 1.807) is 7.11 Å². The summed E-state index contributed by atoms with van der Waals surface area (Å²) in [5.41, 5.74) is 2.24. The van der Waals surface area contributed by atoms with E-state index in [0.717, 1.165) is 24.2 Å². The lowest BCUT2D eigenvalue weighted by atomic mass is 9.82. The Morgan fingerprint density at radius 1 is 1.16 bits per heavy atom. The molecule has 1 aromatic carbocycles. The highest BCUT2D eigenvalue weighted by Crippen LogP contribution is 2.37. The fourth-order valence-electron chi connectivity index (χ4n) is 3.11. The molecule has 1 fully saturated rings. The van der Waals surface area contributed by atoms with Gasteiger partial charge in [0.1, 0.15) is 5.75 Å². The van der Waals surface area contributed by atoms with E-state index in [-0.39, 0.29) is 6.10 Å².